The second-order valence-corrected chi connectivity index (χ2v) is 5.56. The zero-order chi connectivity index (χ0) is 10.7. The monoisotopic (exact) mass is 344 g/mol. The van der Waals surface area contributed by atoms with Crippen LogP contribution >= 0.6 is 43.6 Å². The molecule has 0 spiro atoms. The van der Waals surface area contributed by atoms with Crippen molar-refractivity contribution in [2.75, 3.05) is 0 Å². The Labute approximate surface area is 109 Å². The van der Waals surface area contributed by atoms with Gasteiger partial charge in [-0.1, -0.05) is 11.8 Å². The second kappa shape index (κ2) is 5.09. The molecule has 0 saturated carbocycles. The van der Waals surface area contributed by atoms with Gasteiger partial charge in [-0.05, 0) is 50.1 Å². The van der Waals surface area contributed by atoms with E-state index in [1.165, 1.54) is 0 Å². The molecule has 2 nitrogen and oxygen atoms in total. The van der Waals surface area contributed by atoms with Crippen molar-refractivity contribution in [1.29, 1.82) is 0 Å². The van der Waals surface area contributed by atoms with Gasteiger partial charge in [0.05, 0.1) is 0 Å². The zero-order valence-corrected chi connectivity index (χ0v) is 11.5. The molecular formula is C10H6Br2N2S. The van der Waals surface area contributed by atoms with E-state index in [9.17, 15) is 0 Å². The van der Waals surface area contributed by atoms with Crippen LogP contribution in [0.25, 0.3) is 0 Å². The van der Waals surface area contributed by atoms with E-state index >= 15 is 0 Å². The molecule has 0 radical (unpaired) electrons. The summed E-state index contributed by atoms with van der Waals surface area (Å²) in [5, 5.41) is 0.963. The van der Waals surface area contributed by atoms with Gasteiger partial charge in [-0.25, -0.2) is 4.98 Å². The van der Waals surface area contributed by atoms with Crippen molar-refractivity contribution in [1.82, 2.24) is 9.97 Å². The fraction of sp³-hybridized carbons (Fsp3) is 0. The highest BCUT2D eigenvalue weighted by Crippen LogP contribution is 2.31. The zero-order valence-electron chi connectivity index (χ0n) is 7.52. The Hall–Kier alpha value is -0.390. The fourth-order valence-electron chi connectivity index (χ4n) is 0.980. The van der Waals surface area contributed by atoms with Gasteiger partial charge >= 0.3 is 0 Å². The first-order valence-electron chi connectivity index (χ1n) is 4.14. The number of pyridine rings is 2. The van der Waals surface area contributed by atoms with E-state index in [4.69, 9.17) is 0 Å². The molecule has 0 amide bonds. The molecule has 5 heteroatoms. The van der Waals surface area contributed by atoms with Gasteiger partial charge in [0.2, 0.25) is 0 Å². The summed E-state index contributed by atoms with van der Waals surface area (Å²) in [5.74, 6) is 0. The molecular weight excluding hydrogens is 340 g/mol. The Kier molecular flexibility index (Phi) is 3.77. The van der Waals surface area contributed by atoms with Gasteiger partial charge in [-0.15, -0.1) is 0 Å². The topological polar surface area (TPSA) is 25.8 Å². The van der Waals surface area contributed by atoms with Crippen molar-refractivity contribution in [2.24, 2.45) is 0 Å². The average Bonchev–Trinajstić information content (AvgIpc) is 2.25. The third kappa shape index (κ3) is 3.03. The minimum atomic E-state index is 0.963. The number of hydrogen-bond donors (Lipinski definition) is 0. The molecule has 0 N–H and O–H groups in total. The molecule has 0 saturated heterocycles. The molecule has 0 aliphatic rings. The van der Waals surface area contributed by atoms with Crippen LogP contribution in [0.3, 0.4) is 0 Å². The fourth-order valence-corrected chi connectivity index (χ4v) is 2.45. The minimum absolute atomic E-state index is 0.963. The van der Waals surface area contributed by atoms with Crippen LogP contribution in [0.15, 0.2) is 55.7 Å². The van der Waals surface area contributed by atoms with Gasteiger partial charge in [-0.2, -0.15) is 0 Å². The largest absolute Gasteiger partial charge is 0.263 e. The van der Waals surface area contributed by atoms with Crippen molar-refractivity contribution in [3.63, 3.8) is 0 Å². The number of nitrogens with zero attached hydrogens (tertiary/aromatic N) is 2. The average molecular weight is 346 g/mol. The van der Waals surface area contributed by atoms with E-state index in [0.29, 0.717) is 0 Å². The van der Waals surface area contributed by atoms with E-state index in [1.54, 1.807) is 30.4 Å². The predicted molar refractivity (Wildman–Crippen MR) is 68.0 cm³/mol. The van der Waals surface area contributed by atoms with E-state index < -0.39 is 0 Å². The summed E-state index contributed by atoms with van der Waals surface area (Å²) in [6, 6.07) is 5.91. The van der Waals surface area contributed by atoms with Crippen molar-refractivity contribution < 1.29 is 0 Å². The van der Waals surface area contributed by atoms with E-state index in [1.807, 2.05) is 18.2 Å². The van der Waals surface area contributed by atoms with Crippen LogP contribution < -0.4 is 0 Å². The van der Waals surface area contributed by atoms with Gasteiger partial charge < -0.3 is 0 Å². The SMILES string of the molecule is Brc1ccc(Sc2ccncc2Br)nc1. The Morgan fingerprint density at radius 1 is 1.07 bits per heavy atom. The van der Waals surface area contributed by atoms with Crippen molar-refractivity contribution in [3.8, 4) is 0 Å². The third-order valence-electron chi connectivity index (χ3n) is 1.65. The molecule has 0 fully saturated rings. The first-order chi connectivity index (χ1) is 7.25. The molecule has 2 heterocycles. The lowest BCUT2D eigenvalue weighted by Crippen LogP contribution is -1.81. The number of hydrogen-bond acceptors (Lipinski definition) is 3. The molecule has 2 aromatic rings. The molecule has 0 aliphatic carbocycles. The lowest BCUT2D eigenvalue weighted by molar-refractivity contribution is 1.12. The maximum Gasteiger partial charge on any atom is 0.101 e. The first kappa shape index (κ1) is 11.1. The van der Waals surface area contributed by atoms with Gasteiger partial charge in [0.15, 0.2) is 0 Å². The summed E-state index contributed by atoms with van der Waals surface area (Å²) in [5.41, 5.74) is 0. The van der Waals surface area contributed by atoms with Gasteiger partial charge in [0, 0.05) is 32.4 Å². The van der Waals surface area contributed by atoms with Crippen molar-refractivity contribution >= 4 is 43.6 Å². The summed E-state index contributed by atoms with van der Waals surface area (Å²) in [6.07, 6.45) is 5.34. The van der Waals surface area contributed by atoms with Crippen molar-refractivity contribution in [3.05, 3.63) is 45.7 Å². The summed E-state index contributed by atoms with van der Waals surface area (Å²) in [7, 11) is 0. The van der Waals surface area contributed by atoms with Gasteiger partial charge in [0.1, 0.15) is 5.03 Å². The summed E-state index contributed by atoms with van der Waals surface area (Å²) < 4.78 is 1.97. The molecule has 0 aliphatic heterocycles. The van der Waals surface area contributed by atoms with E-state index in [-0.39, 0.29) is 0 Å². The molecule has 0 atom stereocenters. The molecule has 0 unspecified atom stereocenters. The number of rotatable bonds is 2. The third-order valence-corrected chi connectivity index (χ3v) is 4.04. The van der Waals surface area contributed by atoms with Crippen LogP contribution in [-0.2, 0) is 0 Å². The molecule has 2 aromatic heterocycles. The van der Waals surface area contributed by atoms with Crippen molar-refractivity contribution in [2.45, 2.75) is 9.92 Å². The number of halogens is 2. The Morgan fingerprint density at radius 2 is 1.93 bits per heavy atom. The second-order valence-electron chi connectivity index (χ2n) is 2.72. The van der Waals surface area contributed by atoms with Crippen LogP contribution in [0.1, 0.15) is 0 Å². The maximum atomic E-state index is 4.29. The molecule has 15 heavy (non-hydrogen) atoms. The summed E-state index contributed by atoms with van der Waals surface area (Å²) >= 11 is 8.41. The predicted octanol–water partition coefficient (Wildman–Crippen LogP) is 4.15. The van der Waals surface area contributed by atoms with Gasteiger partial charge in [-0.3, -0.25) is 4.98 Å². The lowest BCUT2D eigenvalue weighted by atomic mass is 10.5. The molecule has 76 valence electrons. The Bertz CT molecular complexity index is 459. The maximum absolute atomic E-state index is 4.29. The van der Waals surface area contributed by atoms with Crippen LogP contribution in [0.4, 0.5) is 0 Å². The molecule has 0 bridgehead atoms. The molecule has 2 rings (SSSR count). The van der Waals surface area contributed by atoms with Crippen LogP contribution in [0, 0.1) is 0 Å². The van der Waals surface area contributed by atoms with E-state index in [2.05, 4.69) is 41.8 Å². The van der Waals surface area contributed by atoms with E-state index in [0.717, 1.165) is 18.9 Å². The minimum Gasteiger partial charge on any atom is -0.263 e. The lowest BCUT2D eigenvalue weighted by Gasteiger charge is -2.02. The highest BCUT2D eigenvalue weighted by atomic mass is 79.9. The smallest absolute Gasteiger partial charge is 0.101 e. The van der Waals surface area contributed by atoms with Gasteiger partial charge in [0.25, 0.3) is 0 Å². The van der Waals surface area contributed by atoms with Crippen LogP contribution in [0.5, 0.6) is 0 Å². The quantitative estimate of drug-likeness (QED) is 0.817. The highest BCUT2D eigenvalue weighted by molar-refractivity contribution is 9.10. The number of aromatic nitrogens is 2. The Balaban J connectivity index is 2.22. The summed E-state index contributed by atoms with van der Waals surface area (Å²) in [6.45, 7) is 0. The summed E-state index contributed by atoms with van der Waals surface area (Å²) in [4.78, 5) is 9.41. The first-order valence-corrected chi connectivity index (χ1v) is 6.55. The van der Waals surface area contributed by atoms with Crippen LogP contribution in [0.2, 0.25) is 0 Å². The Morgan fingerprint density at radius 3 is 2.60 bits per heavy atom. The normalized spacial score (nSPS) is 10.3. The molecule has 0 aromatic carbocycles. The highest BCUT2D eigenvalue weighted by Gasteiger charge is 2.02. The van der Waals surface area contributed by atoms with Crippen LogP contribution in [-0.4, -0.2) is 9.97 Å². The standard InChI is InChI=1S/C10H6Br2N2S/c11-7-1-2-10(14-5-7)15-9-3-4-13-6-8(9)12/h1-6H.